The van der Waals surface area contributed by atoms with Crippen LogP contribution >= 0.6 is 0 Å². The fraction of sp³-hybridized carbons (Fsp3) is 0.364. The Morgan fingerprint density at radius 2 is 1.84 bits per heavy atom. The molecule has 2 N–H and O–H groups in total. The molecule has 1 aromatic carbocycles. The first-order valence-corrected chi connectivity index (χ1v) is 4.99. The number of alkyl halides is 5. The molecule has 19 heavy (non-hydrogen) atoms. The van der Waals surface area contributed by atoms with Crippen LogP contribution in [-0.2, 0) is 4.74 Å². The normalized spacial score (nSPS) is 14.1. The van der Waals surface area contributed by atoms with Gasteiger partial charge < -0.3 is 10.5 Å². The van der Waals surface area contributed by atoms with Crippen LogP contribution in [0, 0.1) is 0 Å². The SMILES string of the molecule is COC(=O)c1cccc([C@@H](N)C(F)(F)C(F)(F)F)c1. The molecule has 1 rings (SSSR count). The van der Waals surface area contributed by atoms with Crippen LogP contribution < -0.4 is 5.73 Å². The van der Waals surface area contributed by atoms with Gasteiger partial charge in [0.15, 0.2) is 0 Å². The van der Waals surface area contributed by atoms with Crippen molar-refractivity contribution >= 4 is 5.97 Å². The number of ether oxygens (including phenoxy) is 1. The minimum atomic E-state index is -5.77. The zero-order valence-corrected chi connectivity index (χ0v) is 9.67. The topological polar surface area (TPSA) is 52.3 Å². The van der Waals surface area contributed by atoms with Gasteiger partial charge in [-0.05, 0) is 17.7 Å². The van der Waals surface area contributed by atoms with E-state index in [4.69, 9.17) is 5.73 Å². The summed E-state index contributed by atoms with van der Waals surface area (Å²) >= 11 is 0. The molecule has 3 nitrogen and oxygen atoms in total. The van der Waals surface area contributed by atoms with E-state index in [0.29, 0.717) is 0 Å². The number of hydrogen-bond acceptors (Lipinski definition) is 3. The summed E-state index contributed by atoms with van der Waals surface area (Å²) in [6.45, 7) is 0. The van der Waals surface area contributed by atoms with Crippen molar-refractivity contribution in [2.75, 3.05) is 7.11 Å². The second kappa shape index (κ2) is 5.12. The van der Waals surface area contributed by atoms with Crippen molar-refractivity contribution in [2.24, 2.45) is 5.73 Å². The average Bonchev–Trinajstić information content (AvgIpc) is 2.35. The van der Waals surface area contributed by atoms with Gasteiger partial charge in [-0.15, -0.1) is 0 Å². The van der Waals surface area contributed by atoms with Gasteiger partial charge in [0.05, 0.1) is 12.7 Å². The highest BCUT2D eigenvalue weighted by molar-refractivity contribution is 5.89. The number of nitrogens with two attached hydrogens (primary N) is 1. The van der Waals surface area contributed by atoms with Crippen molar-refractivity contribution in [3.63, 3.8) is 0 Å². The van der Waals surface area contributed by atoms with Crippen molar-refractivity contribution < 1.29 is 31.5 Å². The van der Waals surface area contributed by atoms with Gasteiger partial charge in [-0.1, -0.05) is 12.1 Å². The van der Waals surface area contributed by atoms with E-state index < -0.39 is 29.7 Å². The Hall–Kier alpha value is -1.70. The van der Waals surface area contributed by atoms with E-state index in [2.05, 4.69) is 4.74 Å². The molecular weight excluding hydrogens is 273 g/mol. The van der Waals surface area contributed by atoms with Gasteiger partial charge in [0.2, 0.25) is 0 Å². The maximum atomic E-state index is 13.1. The molecule has 0 amide bonds. The molecule has 1 aromatic rings. The Kier molecular flexibility index (Phi) is 4.14. The lowest BCUT2D eigenvalue weighted by molar-refractivity contribution is -0.291. The number of benzene rings is 1. The number of carbonyl (C=O) groups excluding carboxylic acids is 1. The molecule has 106 valence electrons. The van der Waals surface area contributed by atoms with Gasteiger partial charge in [-0.2, -0.15) is 22.0 Å². The van der Waals surface area contributed by atoms with E-state index in [1.165, 1.54) is 6.07 Å². The number of rotatable bonds is 3. The lowest BCUT2D eigenvalue weighted by Crippen LogP contribution is -2.45. The molecule has 0 heterocycles. The number of methoxy groups -OCH3 is 1. The standard InChI is InChI=1S/C11H10F5NO2/c1-19-9(18)7-4-2-3-6(5-7)8(17)10(12,13)11(14,15)16/h2-5,8H,17H2,1H3/t8-/m1/s1. The summed E-state index contributed by atoms with van der Waals surface area (Å²) in [6.07, 6.45) is -5.77. The summed E-state index contributed by atoms with van der Waals surface area (Å²) < 4.78 is 67.0. The van der Waals surface area contributed by atoms with E-state index in [1.807, 2.05) is 0 Å². The minimum Gasteiger partial charge on any atom is -0.465 e. The van der Waals surface area contributed by atoms with Crippen LogP contribution in [0.2, 0.25) is 0 Å². The molecule has 0 bridgehead atoms. The third-order valence-corrected chi connectivity index (χ3v) is 2.44. The molecule has 0 unspecified atom stereocenters. The summed E-state index contributed by atoms with van der Waals surface area (Å²) in [6, 6.07) is 1.59. The Morgan fingerprint density at radius 3 is 2.32 bits per heavy atom. The Balaban J connectivity index is 3.14. The largest absolute Gasteiger partial charge is 0.465 e. The second-order valence-corrected chi connectivity index (χ2v) is 3.72. The summed E-state index contributed by atoms with van der Waals surface area (Å²) in [7, 11) is 1.05. The van der Waals surface area contributed by atoms with Gasteiger partial charge in [-0.3, -0.25) is 0 Å². The monoisotopic (exact) mass is 283 g/mol. The maximum Gasteiger partial charge on any atom is 0.455 e. The fourth-order valence-corrected chi connectivity index (χ4v) is 1.36. The molecular formula is C11H10F5NO2. The summed E-state index contributed by atoms with van der Waals surface area (Å²) in [5.74, 6) is -5.95. The molecule has 0 fully saturated rings. The Labute approximate surface area is 105 Å². The molecule has 0 radical (unpaired) electrons. The van der Waals surface area contributed by atoms with Gasteiger partial charge in [-0.25, -0.2) is 4.79 Å². The predicted octanol–water partition coefficient (Wildman–Crippen LogP) is 2.67. The van der Waals surface area contributed by atoms with Crippen LogP contribution in [0.5, 0.6) is 0 Å². The highest BCUT2D eigenvalue weighted by Gasteiger charge is 2.61. The molecule has 0 aliphatic heterocycles. The number of hydrogen-bond donors (Lipinski definition) is 1. The molecule has 0 saturated heterocycles. The molecule has 0 saturated carbocycles. The number of carbonyl (C=O) groups is 1. The fourth-order valence-electron chi connectivity index (χ4n) is 1.36. The van der Waals surface area contributed by atoms with Crippen LogP contribution in [0.4, 0.5) is 22.0 Å². The predicted molar refractivity (Wildman–Crippen MR) is 55.7 cm³/mol. The lowest BCUT2D eigenvalue weighted by atomic mass is 9.99. The Bertz CT molecular complexity index is 472. The van der Waals surface area contributed by atoms with Crippen LogP contribution in [0.3, 0.4) is 0 Å². The minimum absolute atomic E-state index is 0.159. The summed E-state index contributed by atoms with van der Waals surface area (Å²) in [5, 5.41) is 0. The van der Waals surface area contributed by atoms with Gasteiger partial charge in [0, 0.05) is 0 Å². The third kappa shape index (κ3) is 3.01. The van der Waals surface area contributed by atoms with Crippen molar-refractivity contribution in [2.45, 2.75) is 18.1 Å². The highest BCUT2D eigenvalue weighted by Crippen LogP contribution is 2.43. The van der Waals surface area contributed by atoms with Crippen molar-refractivity contribution in [1.29, 1.82) is 0 Å². The Morgan fingerprint density at radius 1 is 1.26 bits per heavy atom. The van der Waals surface area contributed by atoms with Crippen LogP contribution in [0.1, 0.15) is 22.0 Å². The summed E-state index contributed by atoms with van der Waals surface area (Å²) in [4.78, 5) is 11.2. The van der Waals surface area contributed by atoms with E-state index in [1.54, 1.807) is 0 Å². The zero-order chi connectivity index (χ0) is 14.8. The number of halogens is 5. The van der Waals surface area contributed by atoms with E-state index in [0.717, 1.165) is 25.3 Å². The smallest absolute Gasteiger partial charge is 0.455 e. The third-order valence-electron chi connectivity index (χ3n) is 2.44. The second-order valence-electron chi connectivity index (χ2n) is 3.72. The maximum absolute atomic E-state index is 13.1. The average molecular weight is 283 g/mol. The van der Waals surface area contributed by atoms with E-state index in [9.17, 15) is 26.7 Å². The lowest BCUT2D eigenvalue weighted by Gasteiger charge is -2.26. The summed E-state index contributed by atoms with van der Waals surface area (Å²) in [5.41, 5.74) is 4.28. The quantitative estimate of drug-likeness (QED) is 0.685. The van der Waals surface area contributed by atoms with Crippen molar-refractivity contribution in [3.8, 4) is 0 Å². The van der Waals surface area contributed by atoms with Crippen molar-refractivity contribution in [1.82, 2.24) is 0 Å². The van der Waals surface area contributed by atoms with E-state index >= 15 is 0 Å². The molecule has 0 aliphatic rings. The van der Waals surface area contributed by atoms with Crippen molar-refractivity contribution in [3.05, 3.63) is 35.4 Å². The number of esters is 1. The highest BCUT2D eigenvalue weighted by atomic mass is 19.4. The molecule has 1 atom stereocenters. The zero-order valence-electron chi connectivity index (χ0n) is 9.67. The molecule has 0 aromatic heterocycles. The first-order valence-electron chi connectivity index (χ1n) is 4.99. The molecule has 0 aliphatic carbocycles. The molecule has 8 heteroatoms. The van der Waals surface area contributed by atoms with Gasteiger partial charge in [0.1, 0.15) is 6.04 Å². The van der Waals surface area contributed by atoms with Gasteiger partial charge >= 0.3 is 18.1 Å². The van der Waals surface area contributed by atoms with Crippen LogP contribution in [-0.4, -0.2) is 25.2 Å². The van der Waals surface area contributed by atoms with Crippen LogP contribution in [0.25, 0.3) is 0 Å². The first-order chi connectivity index (χ1) is 8.61. The van der Waals surface area contributed by atoms with E-state index in [-0.39, 0.29) is 5.56 Å². The van der Waals surface area contributed by atoms with Crippen LogP contribution in [0.15, 0.2) is 24.3 Å². The first kappa shape index (κ1) is 15.4. The van der Waals surface area contributed by atoms with Gasteiger partial charge in [0.25, 0.3) is 0 Å². The molecule has 0 spiro atoms.